The number of hydrogen-bond donors (Lipinski definition) is 0. The molecule has 0 fully saturated rings. The Morgan fingerprint density at radius 3 is 1.54 bits per heavy atom. The first-order valence-electron chi connectivity index (χ1n) is 11.0. The smallest absolute Gasteiger partial charge is 0.168 e. The van der Waals surface area contributed by atoms with Crippen molar-refractivity contribution in [3.05, 3.63) is 30.6 Å². The van der Waals surface area contributed by atoms with Gasteiger partial charge in [0.15, 0.2) is 18.9 Å². The van der Waals surface area contributed by atoms with E-state index in [9.17, 15) is 0 Å². The van der Waals surface area contributed by atoms with Crippen LogP contribution in [-0.2, 0) is 6.54 Å². The number of unbranched alkanes of at least 4 members (excludes halogenated alkanes) is 13. The molecule has 1 rings (SSSR count). The van der Waals surface area contributed by atoms with E-state index >= 15 is 0 Å². The van der Waals surface area contributed by atoms with Gasteiger partial charge in [-0.25, -0.2) is 4.57 Å². The molecule has 0 amide bonds. The Bertz CT molecular complexity index is 372. The van der Waals surface area contributed by atoms with Crippen LogP contribution in [0.2, 0.25) is 0 Å². The van der Waals surface area contributed by atoms with Gasteiger partial charge < -0.3 is 17.0 Å². The van der Waals surface area contributed by atoms with E-state index in [1.54, 1.807) is 0 Å². The summed E-state index contributed by atoms with van der Waals surface area (Å²) in [6, 6.07) is 6.30. The standard InChI is InChI=1S/C23H42NS.BrH/c1-2-3-4-5-6-7-8-9-10-11-12-13-14-18-22-25-23-21-24-19-16-15-17-20-24;/h15-17,19-20H,2-14,18,21-23H2,1H3;1H/q+1;/p-1. The predicted molar refractivity (Wildman–Crippen MR) is 114 cm³/mol. The zero-order chi connectivity index (χ0) is 17.8. The van der Waals surface area contributed by atoms with E-state index < -0.39 is 0 Å². The molecule has 0 radical (unpaired) electrons. The van der Waals surface area contributed by atoms with Crippen LogP contribution in [0.15, 0.2) is 30.6 Å². The lowest BCUT2D eigenvalue weighted by Gasteiger charge is -2.03. The Labute approximate surface area is 178 Å². The first-order chi connectivity index (χ1) is 12.4. The second-order valence-corrected chi connectivity index (χ2v) is 8.55. The second kappa shape index (κ2) is 21.3. The Morgan fingerprint density at radius 1 is 0.577 bits per heavy atom. The van der Waals surface area contributed by atoms with E-state index in [1.807, 2.05) is 0 Å². The van der Waals surface area contributed by atoms with Gasteiger partial charge in [0.1, 0.15) is 0 Å². The zero-order valence-electron chi connectivity index (χ0n) is 17.1. The summed E-state index contributed by atoms with van der Waals surface area (Å²) in [7, 11) is 0. The molecule has 0 aliphatic heterocycles. The van der Waals surface area contributed by atoms with E-state index in [0.29, 0.717) is 0 Å². The first-order valence-corrected chi connectivity index (χ1v) is 12.1. The van der Waals surface area contributed by atoms with Crippen LogP contribution in [0.3, 0.4) is 0 Å². The van der Waals surface area contributed by atoms with Crippen molar-refractivity contribution in [2.45, 2.75) is 103 Å². The molecule has 1 aromatic rings. The molecule has 0 aliphatic carbocycles. The Balaban J connectivity index is 0.00000625. The van der Waals surface area contributed by atoms with Crippen LogP contribution in [0.4, 0.5) is 0 Å². The largest absolute Gasteiger partial charge is 1.00 e. The SMILES string of the molecule is CCCCCCCCCCCCCCCCSCC[n+]1ccccc1.[Br-]. The van der Waals surface area contributed by atoms with Crippen molar-refractivity contribution < 1.29 is 21.5 Å². The number of thioether (sulfide) groups is 1. The molecule has 26 heavy (non-hydrogen) atoms. The van der Waals surface area contributed by atoms with E-state index in [-0.39, 0.29) is 17.0 Å². The molecule has 0 unspecified atom stereocenters. The Kier molecular flexibility index (Phi) is 21.3. The molecule has 0 aliphatic rings. The fourth-order valence-corrected chi connectivity index (χ4v) is 4.21. The first kappa shape index (κ1) is 26.0. The number of pyridine rings is 1. The monoisotopic (exact) mass is 443 g/mol. The van der Waals surface area contributed by atoms with Gasteiger partial charge in [-0.1, -0.05) is 96.5 Å². The third-order valence-corrected chi connectivity index (χ3v) is 5.96. The normalized spacial score (nSPS) is 10.7. The number of aromatic nitrogens is 1. The highest BCUT2D eigenvalue weighted by molar-refractivity contribution is 7.99. The molecule has 3 heteroatoms. The highest BCUT2D eigenvalue weighted by Crippen LogP contribution is 2.13. The molecule has 0 N–H and O–H groups in total. The third kappa shape index (κ3) is 17.4. The van der Waals surface area contributed by atoms with Gasteiger partial charge in [-0.05, 0) is 12.2 Å². The summed E-state index contributed by atoms with van der Waals surface area (Å²) in [4.78, 5) is 0. The van der Waals surface area contributed by atoms with Crippen LogP contribution in [0, 0.1) is 0 Å². The van der Waals surface area contributed by atoms with Gasteiger partial charge in [-0.3, -0.25) is 0 Å². The van der Waals surface area contributed by atoms with Crippen LogP contribution in [-0.4, -0.2) is 11.5 Å². The minimum Gasteiger partial charge on any atom is -1.00 e. The highest BCUT2D eigenvalue weighted by Gasteiger charge is 1.98. The van der Waals surface area contributed by atoms with Crippen LogP contribution in [0.1, 0.15) is 96.8 Å². The number of hydrogen-bond acceptors (Lipinski definition) is 1. The lowest BCUT2D eigenvalue weighted by Crippen LogP contribution is -3.00. The van der Waals surface area contributed by atoms with Gasteiger partial charge in [0.2, 0.25) is 0 Å². The van der Waals surface area contributed by atoms with Gasteiger partial charge in [0.25, 0.3) is 0 Å². The van der Waals surface area contributed by atoms with Gasteiger partial charge in [-0.2, -0.15) is 11.8 Å². The van der Waals surface area contributed by atoms with Crippen molar-refractivity contribution in [3.63, 3.8) is 0 Å². The van der Waals surface area contributed by atoms with Gasteiger partial charge >= 0.3 is 0 Å². The maximum atomic E-state index is 2.30. The van der Waals surface area contributed by atoms with Crippen LogP contribution >= 0.6 is 11.8 Å². The molecule has 0 aromatic carbocycles. The van der Waals surface area contributed by atoms with Crippen molar-refractivity contribution in [3.8, 4) is 0 Å². The van der Waals surface area contributed by atoms with Crippen molar-refractivity contribution in [2.75, 3.05) is 11.5 Å². The molecule has 152 valence electrons. The summed E-state index contributed by atoms with van der Waals surface area (Å²) in [5, 5.41) is 0. The molecule has 1 heterocycles. The van der Waals surface area contributed by atoms with Crippen LogP contribution < -0.4 is 21.5 Å². The average Bonchev–Trinajstić information content (AvgIpc) is 2.65. The Morgan fingerprint density at radius 2 is 1.04 bits per heavy atom. The Hall–Kier alpha value is -0.0200. The topological polar surface area (TPSA) is 3.88 Å². The van der Waals surface area contributed by atoms with Crippen molar-refractivity contribution in [1.29, 1.82) is 0 Å². The maximum absolute atomic E-state index is 2.30. The van der Waals surface area contributed by atoms with Gasteiger partial charge in [0.05, 0.1) is 5.75 Å². The van der Waals surface area contributed by atoms with Gasteiger partial charge in [0, 0.05) is 12.1 Å². The number of nitrogens with zero attached hydrogens (tertiary/aromatic N) is 1. The van der Waals surface area contributed by atoms with Crippen molar-refractivity contribution in [2.24, 2.45) is 0 Å². The van der Waals surface area contributed by atoms with Gasteiger partial charge in [-0.15, -0.1) is 0 Å². The number of halogens is 1. The van der Waals surface area contributed by atoms with Crippen molar-refractivity contribution >= 4 is 11.8 Å². The minimum absolute atomic E-state index is 0. The predicted octanol–water partition coefficient (Wildman–Crippen LogP) is 4.19. The van der Waals surface area contributed by atoms with E-state index in [4.69, 9.17) is 0 Å². The molecule has 1 nitrogen and oxygen atoms in total. The maximum Gasteiger partial charge on any atom is 0.168 e. The lowest BCUT2D eigenvalue weighted by molar-refractivity contribution is -0.692. The summed E-state index contributed by atoms with van der Waals surface area (Å²) < 4.78 is 2.28. The minimum atomic E-state index is 0. The number of rotatable bonds is 18. The molecular weight excluding hydrogens is 402 g/mol. The molecule has 0 saturated heterocycles. The van der Waals surface area contributed by atoms with Crippen molar-refractivity contribution in [1.82, 2.24) is 0 Å². The molecule has 0 bridgehead atoms. The molecule has 0 atom stereocenters. The summed E-state index contributed by atoms with van der Waals surface area (Å²) >= 11 is 2.11. The van der Waals surface area contributed by atoms with E-state index in [1.165, 1.54) is 101 Å². The quantitative estimate of drug-likeness (QED) is 0.243. The number of aryl methyl sites for hydroxylation is 1. The molecule has 0 saturated carbocycles. The van der Waals surface area contributed by atoms with Crippen LogP contribution in [0.25, 0.3) is 0 Å². The third-order valence-electron chi connectivity index (χ3n) is 4.91. The molecule has 0 spiro atoms. The van der Waals surface area contributed by atoms with E-state index in [2.05, 4.69) is 53.8 Å². The lowest BCUT2D eigenvalue weighted by atomic mass is 10.0. The second-order valence-electron chi connectivity index (χ2n) is 7.32. The summed E-state index contributed by atoms with van der Waals surface area (Å²) in [5.41, 5.74) is 0. The highest BCUT2D eigenvalue weighted by atomic mass is 79.9. The molecule has 1 aromatic heterocycles. The summed E-state index contributed by atoms with van der Waals surface area (Å²) in [6.07, 6.45) is 24.6. The fourth-order valence-electron chi connectivity index (χ4n) is 3.25. The summed E-state index contributed by atoms with van der Waals surface area (Å²) in [5.74, 6) is 2.58. The van der Waals surface area contributed by atoms with E-state index in [0.717, 1.165) is 6.54 Å². The average molecular weight is 445 g/mol. The molecular formula is C23H42BrNS. The van der Waals surface area contributed by atoms with Crippen LogP contribution in [0.5, 0.6) is 0 Å². The summed E-state index contributed by atoms with van der Waals surface area (Å²) in [6.45, 7) is 3.44. The zero-order valence-corrected chi connectivity index (χ0v) is 19.5. The fraction of sp³-hybridized carbons (Fsp3) is 0.783.